The molecule has 0 spiro atoms. The molecule has 1 aliphatic carbocycles. The summed E-state index contributed by atoms with van der Waals surface area (Å²) in [5.41, 5.74) is 0. The molecule has 0 aromatic heterocycles. The van der Waals surface area contributed by atoms with E-state index in [1.807, 2.05) is 0 Å². The van der Waals surface area contributed by atoms with E-state index in [9.17, 15) is 19.8 Å². The van der Waals surface area contributed by atoms with E-state index in [1.54, 1.807) is 0 Å². The largest absolute Gasteiger partial charge is 0.481 e. The second-order valence-corrected chi connectivity index (χ2v) is 31.2. The lowest BCUT2D eigenvalue weighted by atomic mass is 9.91. The highest BCUT2D eigenvalue weighted by Gasteiger charge is 2.39. The lowest BCUT2D eigenvalue weighted by molar-refractivity contribution is -0.146. The van der Waals surface area contributed by atoms with Crippen molar-refractivity contribution in [2.24, 2.45) is 29.6 Å². The first kappa shape index (κ1) is 87.1. The minimum atomic E-state index is -0.800. The fourth-order valence-corrected chi connectivity index (χ4v) is 15.5. The van der Waals surface area contributed by atoms with E-state index in [4.69, 9.17) is 0 Å². The van der Waals surface area contributed by atoms with Crippen LogP contribution in [-0.2, 0) is 9.59 Å². The SMILES string of the molecule is CCCCCCCCCCCCCCCCCCCCCCCCC(C(=O)O)C(O)CCCCCCCCCCCCCCCCCC1CC1C(C)CCCCCCCCCCCCCCCCC(=O)C(C)CCCCCCCCCCCCCCCCCC. The van der Waals surface area contributed by atoms with Crippen LogP contribution in [0.2, 0.25) is 0 Å². The van der Waals surface area contributed by atoms with Crippen molar-refractivity contribution in [1.82, 2.24) is 0 Å². The second kappa shape index (κ2) is 70.9. The molecule has 0 aromatic rings. The van der Waals surface area contributed by atoms with E-state index < -0.39 is 18.0 Å². The van der Waals surface area contributed by atoms with Gasteiger partial charge in [0.15, 0.2) is 0 Å². The zero-order valence-corrected chi connectivity index (χ0v) is 62.5. The Kier molecular flexibility index (Phi) is 68.6. The molecule has 1 aliphatic rings. The van der Waals surface area contributed by atoms with Gasteiger partial charge >= 0.3 is 5.97 Å². The van der Waals surface area contributed by atoms with Gasteiger partial charge in [0.25, 0.3) is 0 Å². The van der Waals surface area contributed by atoms with E-state index in [0.717, 1.165) is 62.7 Å². The van der Waals surface area contributed by atoms with Crippen molar-refractivity contribution in [2.45, 2.75) is 509 Å². The standard InChI is InChI=1S/C86H168O4/c1-5-7-9-11-13-15-17-19-21-23-24-25-26-27-28-32-39-45-51-57-63-69-75-82(86(89)90)85(88)77-71-65-59-53-47-41-33-29-31-38-44-50-56-62-68-74-81-78-83(81)79(3)72-66-60-54-48-42-36-34-35-40-46-52-58-64-70-76-84(87)80(4)73-67-61-55-49-43-37-30-22-20-18-16-14-12-10-8-6-2/h79-83,85,88H,5-78H2,1-4H3,(H,89,90). The zero-order chi connectivity index (χ0) is 64.9. The summed E-state index contributed by atoms with van der Waals surface area (Å²) in [7, 11) is 0. The molecule has 536 valence electrons. The lowest BCUT2D eigenvalue weighted by Crippen LogP contribution is -2.28. The number of carbonyl (C=O) groups excluding carboxylic acids is 1. The van der Waals surface area contributed by atoms with Crippen LogP contribution in [0.3, 0.4) is 0 Å². The van der Waals surface area contributed by atoms with Crippen LogP contribution < -0.4 is 0 Å². The molecule has 1 fully saturated rings. The quantitative estimate of drug-likeness (QED) is 0.0595. The monoisotopic (exact) mass is 1270 g/mol. The highest BCUT2D eigenvalue weighted by atomic mass is 16.4. The molecule has 4 heteroatoms. The molecule has 0 saturated heterocycles. The number of aliphatic hydroxyl groups excluding tert-OH is 1. The van der Waals surface area contributed by atoms with E-state index in [-0.39, 0.29) is 5.92 Å². The average Bonchev–Trinajstić information content (AvgIpc) is 4.26. The van der Waals surface area contributed by atoms with Gasteiger partial charge in [-0.05, 0) is 49.9 Å². The molecule has 0 aromatic carbocycles. The van der Waals surface area contributed by atoms with Gasteiger partial charge in [-0.2, -0.15) is 0 Å². The number of carboxylic acids is 1. The Morgan fingerprint density at radius 1 is 0.300 bits per heavy atom. The number of carbonyl (C=O) groups is 2. The smallest absolute Gasteiger partial charge is 0.309 e. The molecule has 0 amide bonds. The molecule has 0 bridgehead atoms. The van der Waals surface area contributed by atoms with Gasteiger partial charge in [-0.15, -0.1) is 0 Å². The number of hydrogen-bond donors (Lipinski definition) is 2. The first-order valence-corrected chi connectivity index (χ1v) is 42.7. The predicted octanol–water partition coefficient (Wildman–Crippen LogP) is 30.0. The molecule has 1 rings (SSSR count). The van der Waals surface area contributed by atoms with Crippen molar-refractivity contribution in [2.75, 3.05) is 0 Å². The lowest BCUT2D eigenvalue weighted by Gasteiger charge is -2.19. The predicted molar refractivity (Wildman–Crippen MR) is 400 cm³/mol. The summed E-state index contributed by atoms with van der Waals surface area (Å²) in [6.45, 7) is 9.36. The van der Waals surface area contributed by atoms with Crippen molar-refractivity contribution in [1.29, 1.82) is 0 Å². The van der Waals surface area contributed by atoms with Crippen molar-refractivity contribution in [3.63, 3.8) is 0 Å². The normalized spacial score (nSPS) is 15.4. The van der Waals surface area contributed by atoms with E-state index in [0.29, 0.717) is 18.6 Å². The highest BCUT2D eigenvalue weighted by Crippen LogP contribution is 2.49. The van der Waals surface area contributed by atoms with Crippen molar-refractivity contribution < 1.29 is 19.8 Å². The number of hydrogen-bond acceptors (Lipinski definition) is 3. The molecule has 0 heterocycles. The Bertz CT molecular complexity index is 1410. The molecular weight excluding hydrogens is 1100 g/mol. The summed E-state index contributed by atoms with van der Waals surface area (Å²) in [5, 5.41) is 20.6. The fraction of sp³-hybridized carbons (Fsp3) is 0.977. The number of rotatable bonds is 79. The van der Waals surface area contributed by atoms with Gasteiger partial charge < -0.3 is 10.2 Å². The second-order valence-electron chi connectivity index (χ2n) is 31.2. The third-order valence-electron chi connectivity index (χ3n) is 22.3. The van der Waals surface area contributed by atoms with Gasteiger partial charge in [0.1, 0.15) is 5.78 Å². The molecule has 0 radical (unpaired) electrons. The fourth-order valence-electron chi connectivity index (χ4n) is 15.5. The van der Waals surface area contributed by atoms with Crippen LogP contribution in [0.4, 0.5) is 0 Å². The van der Waals surface area contributed by atoms with E-state index in [2.05, 4.69) is 27.7 Å². The molecular formula is C86H168O4. The number of aliphatic carboxylic acids is 1. The van der Waals surface area contributed by atoms with Crippen molar-refractivity contribution in [3.05, 3.63) is 0 Å². The highest BCUT2D eigenvalue weighted by molar-refractivity contribution is 5.80. The zero-order valence-electron chi connectivity index (χ0n) is 62.5. The van der Waals surface area contributed by atoms with Crippen LogP contribution in [0.15, 0.2) is 0 Å². The van der Waals surface area contributed by atoms with Crippen LogP contribution >= 0.6 is 0 Å². The third-order valence-corrected chi connectivity index (χ3v) is 22.3. The number of unbranched alkanes of at least 4 members (excludes halogenated alkanes) is 63. The van der Waals surface area contributed by atoms with Gasteiger partial charge in [0.2, 0.25) is 0 Å². The van der Waals surface area contributed by atoms with Gasteiger partial charge in [-0.1, -0.05) is 464 Å². The molecule has 90 heavy (non-hydrogen) atoms. The number of carboxylic acid groups (broad SMARTS) is 1. The summed E-state index contributed by atoms with van der Waals surface area (Å²) in [6.07, 6.45) is 99.2. The Labute approximate surface area is 567 Å². The summed E-state index contributed by atoms with van der Waals surface area (Å²) < 4.78 is 0. The van der Waals surface area contributed by atoms with E-state index >= 15 is 0 Å². The first-order valence-electron chi connectivity index (χ1n) is 42.7. The van der Waals surface area contributed by atoms with Gasteiger partial charge in [-0.25, -0.2) is 0 Å². The summed E-state index contributed by atoms with van der Waals surface area (Å²) >= 11 is 0. The summed E-state index contributed by atoms with van der Waals surface area (Å²) in [4.78, 5) is 24.7. The maximum atomic E-state index is 12.7. The van der Waals surface area contributed by atoms with Crippen LogP contribution in [-0.4, -0.2) is 28.1 Å². The minimum absolute atomic E-state index is 0.280. The Balaban J connectivity index is 1.77. The van der Waals surface area contributed by atoms with Crippen LogP contribution in [0.1, 0.15) is 503 Å². The Hall–Kier alpha value is -0.900. The van der Waals surface area contributed by atoms with Gasteiger partial charge in [0, 0.05) is 12.3 Å². The van der Waals surface area contributed by atoms with Crippen LogP contribution in [0.25, 0.3) is 0 Å². The summed E-state index contributed by atoms with van der Waals surface area (Å²) in [5.74, 6) is 2.49. The molecule has 6 atom stereocenters. The summed E-state index contributed by atoms with van der Waals surface area (Å²) in [6, 6.07) is 0. The molecule has 1 saturated carbocycles. The molecule has 2 N–H and O–H groups in total. The molecule has 4 nitrogen and oxygen atoms in total. The van der Waals surface area contributed by atoms with Gasteiger partial charge in [0.05, 0.1) is 12.0 Å². The van der Waals surface area contributed by atoms with Crippen LogP contribution in [0.5, 0.6) is 0 Å². The molecule has 6 unspecified atom stereocenters. The number of aliphatic hydroxyl groups is 1. The third kappa shape index (κ3) is 61.9. The van der Waals surface area contributed by atoms with Crippen LogP contribution in [0, 0.1) is 29.6 Å². The molecule has 0 aliphatic heterocycles. The topological polar surface area (TPSA) is 74.6 Å². The van der Waals surface area contributed by atoms with Crippen molar-refractivity contribution in [3.8, 4) is 0 Å². The minimum Gasteiger partial charge on any atom is -0.481 e. The number of Topliss-reactive ketones (excluding diaryl/α,β-unsaturated/α-hetero) is 1. The number of ketones is 1. The Morgan fingerprint density at radius 2 is 0.533 bits per heavy atom. The van der Waals surface area contributed by atoms with E-state index in [1.165, 1.54) is 417 Å². The first-order chi connectivity index (χ1) is 44.3. The maximum Gasteiger partial charge on any atom is 0.309 e. The Morgan fingerprint density at radius 3 is 0.822 bits per heavy atom. The average molecular weight is 1270 g/mol. The maximum absolute atomic E-state index is 12.7. The van der Waals surface area contributed by atoms with Crippen molar-refractivity contribution >= 4 is 11.8 Å². The van der Waals surface area contributed by atoms with Gasteiger partial charge in [-0.3, -0.25) is 9.59 Å².